The number of aromatic nitrogens is 2. The maximum atomic E-state index is 14.3. The summed E-state index contributed by atoms with van der Waals surface area (Å²) in [6.45, 7) is 3.71. The number of anilines is 2. The Balaban J connectivity index is 1.48. The molecule has 0 spiro atoms. The van der Waals surface area contributed by atoms with Crippen LogP contribution in [0.3, 0.4) is 0 Å². The van der Waals surface area contributed by atoms with Gasteiger partial charge in [-0.2, -0.15) is 0 Å². The molecule has 4 heterocycles. The van der Waals surface area contributed by atoms with E-state index in [2.05, 4.69) is 25.9 Å². The van der Waals surface area contributed by atoms with Gasteiger partial charge in [0.25, 0.3) is 0 Å². The van der Waals surface area contributed by atoms with Crippen LogP contribution in [-0.4, -0.2) is 48.7 Å². The molecule has 0 saturated carbocycles. The van der Waals surface area contributed by atoms with E-state index in [1.54, 1.807) is 12.1 Å². The van der Waals surface area contributed by atoms with E-state index in [4.69, 9.17) is 16.3 Å². The van der Waals surface area contributed by atoms with Gasteiger partial charge in [-0.3, -0.25) is 4.79 Å². The van der Waals surface area contributed by atoms with Gasteiger partial charge in [-0.15, -0.1) is 0 Å². The number of hydrogen-bond acceptors (Lipinski definition) is 6. The minimum Gasteiger partial charge on any atom is -0.381 e. The zero-order valence-corrected chi connectivity index (χ0v) is 18.1. The highest BCUT2D eigenvalue weighted by Gasteiger charge is 2.22. The lowest BCUT2D eigenvalue weighted by molar-refractivity contribution is -0.120. The largest absolute Gasteiger partial charge is 0.381 e. The summed E-state index contributed by atoms with van der Waals surface area (Å²) in [5, 5.41) is 9.60. The van der Waals surface area contributed by atoms with Crippen molar-refractivity contribution in [3.05, 3.63) is 35.2 Å². The van der Waals surface area contributed by atoms with Crippen molar-refractivity contribution in [2.24, 2.45) is 11.8 Å². The number of halogens is 2. The number of hydrogen-bond donors (Lipinski definition) is 3. The molecule has 0 aliphatic carbocycles. The van der Waals surface area contributed by atoms with Crippen molar-refractivity contribution in [2.45, 2.75) is 25.7 Å². The molecule has 0 unspecified atom stereocenters. The molecule has 0 aromatic carbocycles. The van der Waals surface area contributed by atoms with Gasteiger partial charge in [-0.25, -0.2) is 14.4 Å². The Labute approximate surface area is 186 Å². The third kappa shape index (κ3) is 5.70. The predicted molar refractivity (Wildman–Crippen MR) is 119 cm³/mol. The summed E-state index contributed by atoms with van der Waals surface area (Å²) < 4.78 is 19.7. The van der Waals surface area contributed by atoms with Crippen LogP contribution in [0.25, 0.3) is 11.3 Å². The summed E-state index contributed by atoms with van der Waals surface area (Å²) in [5.41, 5.74) is 1.10. The zero-order valence-electron chi connectivity index (χ0n) is 17.3. The Morgan fingerprint density at radius 1 is 1.29 bits per heavy atom. The summed E-state index contributed by atoms with van der Waals surface area (Å²) in [5.74, 6) is 0.450. The van der Waals surface area contributed by atoms with E-state index < -0.39 is 5.82 Å². The number of piperidine rings is 1. The van der Waals surface area contributed by atoms with Crippen molar-refractivity contribution >= 4 is 29.1 Å². The van der Waals surface area contributed by atoms with Crippen molar-refractivity contribution in [1.29, 1.82) is 0 Å². The minimum atomic E-state index is -0.417. The van der Waals surface area contributed by atoms with Gasteiger partial charge >= 0.3 is 0 Å². The molecule has 1 amide bonds. The maximum Gasteiger partial charge on any atom is 0.229 e. The molecule has 0 bridgehead atoms. The number of amides is 1. The Hall–Kier alpha value is -2.29. The van der Waals surface area contributed by atoms with Gasteiger partial charge in [-0.05, 0) is 56.3 Å². The van der Waals surface area contributed by atoms with E-state index in [0.717, 1.165) is 45.4 Å². The van der Waals surface area contributed by atoms with Gasteiger partial charge in [0.2, 0.25) is 5.91 Å². The first-order valence-electron chi connectivity index (χ1n) is 10.8. The lowest BCUT2D eigenvalue weighted by Crippen LogP contribution is -2.37. The number of pyridine rings is 2. The molecule has 2 aromatic heterocycles. The smallest absolute Gasteiger partial charge is 0.229 e. The number of rotatable bonds is 6. The van der Waals surface area contributed by atoms with Gasteiger partial charge in [-0.1, -0.05) is 11.6 Å². The molecule has 3 N–H and O–H groups in total. The Morgan fingerprint density at radius 3 is 2.90 bits per heavy atom. The number of nitrogens with one attached hydrogen (secondary N) is 3. The molecular weight excluding hydrogens is 421 g/mol. The maximum absolute atomic E-state index is 14.3. The average molecular weight is 448 g/mol. The predicted octanol–water partition coefficient (Wildman–Crippen LogP) is 3.71. The quantitative estimate of drug-likeness (QED) is 0.625. The zero-order chi connectivity index (χ0) is 21.6. The minimum absolute atomic E-state index is 0.0705. The summed E-state index contributed by atoms with van der Waals surface area (Å²) in [6, 6.07) is 4.63. The summed E-state index contributed by atoms with van der Waals surface area (Å²) in [6.07, 6.45) is 5.20. The summed E-state index contributed by atoms with van der Waals surface area (Å²) in [4.78, 5) is 21.2. The topological polar surface area (TPSA) is 88.2 Å². The molecule has 9 heteroatoms. The van der Waals surface area contributed by atoms with Crippen molar-refractivity contribution in [3.8, 4) is 11.3 Å². The first-order valence-corrected chi connectivity index (χ1v) is 11.1. The number of carbonyl (C=O) groups excluding carboxylic acids is 1. The normalized spacial score (nSPS) is 19.7. The molecule has 1 atom stereocenters. The first-order chi connectivity index (χ1) is 15.1. The molecule has 7 nitrogen and oxygen atoms in total. The first kappa shape index (κ1) is 21.9. The molecule has 2 aromatic rings. The molecule has 2 aliphatic heterocycles. The molecule has 0 radical (unpaired) electrons. The van der Waals surface area contributed by atoms with Crippen LogP contribution in [0.5, 0.6) is 0 Å². The average Bonchev–Trinajstić information content (AvgIpc) is 2.81. The second kappa shape index (κ2) is 10.3. The van der Waals surface area contributed by atoms with Crippen LogP contribution in [0, 0.1) is 17.7 Å². The van der Waals surface area contributed by atoms with Crippen LogP contribution in [0.15, 0.2) is 24.4 Å². The van der Waals surface area contributed by atoms with Crippen LogP contribution in [0.2, 0.25) is 5.02 Å². The standard InChI is InChI=1S/C22H27ClFN5O2/c23-17-13-26-20(29-22(30)15-2-1-7-25-12-15)10-16(17)19-4-3-18(24)21(28-19)27-11-14-5-8-31-9-6-14/h3-4,10,13-15,25H,1-2,5-9,11-12H2,(H,27,28)(H,26,29,30)/t15-/m0/s1. The summed E-state index contributed by atoms with van der Waals surface area (Å²) in [7, 11) is 0. The fraction of sp³-hybridized carbons (Fsp3) is 0.500. The molecule has 2 aliphatic rings. The number of carbonyl (C=O) groups is 1. The second-order valence-corrected chi connectivity index (χ2v) is 8.45. The third-order valence-electron chi connectivity index (χ3n) is 5.80. The molecule has 2 fully saturated rings. The Kier molecular flexibility index (Phi) is 7.32. The third-order valence-corrected chi connectivity index (χ3v) is 6.10. The van der Waals surface area contributed by atoms with Crippen LogP contribution in [0.4, 0.5) is 16.0 Å². The van der Waals surface area contributed by atoms with Gasteiger partial charge in [0.15, 0.2) is 11.6 Å². The van der Waals surface area contributed by atoms with Crippen molar-refractivity contribution < 1.29 is 13.9 Å². The van der Waals surface area contributed by atoms with Crippen molar-refractivity contribution in [3.63, 3.8) is 0 Å². The van der Waals surface area contributed by atoms with Crippen molar-refractivity contribution in [1.82, 2.24) is 15.3 Å². The van der Waals surface area contributed by atoms with Crippen LogP contribution < -0.4 is 16.0 Å². The van der Waals surface area contributed by atoms with Crippen LogP contribution in [-0.2, 0) is 9.53 Å². The van der Waals surface area contributed by atoms with E-state index in [1.807, 2.05) is 0 Å². The molecule has 4 rings (SSSR count). The lowest BCUT2D eigenvalue weighted by Gasteiger charge is -2.22. The Bertz CT molecular complexity index is 917. The molecule has 166 valence electrons. The fourth-order valence-corrected chi connectivity index (χ4v) is 4.12. The van der Waals surface area contributed by atoms with E-state index >= 15 is 0 Å². The highest BCUT2D eigenvalue weighted by Crippen LogP contribution is 2.30. The Morgan fingerprint density at radius 2 is 2.13 bits per heavy atom. The second-order valence-electron chi connectivity index (χ2n) is 8.05. The molecule has 2 saturated heterocycles. The molecular formula is C22H27ClFN5O2. The monoisotopic (exact) mass is 447 g/mol. The molecule has 31 heavy (non-hydrogen) atoms. The SMILES string of the molecule is O=C(Nc1cc(-c2ccc(F)c(NCC3CCOCC3)n2)c(Cl)cn1)[C@H]1CCCNC1. The highest BCUT2D eigenvalue weighted by molar-refractivity contribution is 6.33. The van der Waals surface area contributed by atoms with Gasteiger partial charge in [0.1, 0.15) is 5.82 Å². The van der Waals surface area contributed by atoms with Crippen molar-refractivity contribution in [2.75, 3.05) is 43.5 Å². The summed E-state index contributed by atoms with van der Waals surface area (Å²) >= 11 is 6.35. The highest BCUT2D eigenvalue weighted by atomic mass is 35.5. The number of ether oxygens (including phenoxy) is 1. The van der Waals surface area contributed by atoms with Gasteiger partial charge in [0, 0.05) is 38.1 Å². The van der Waals surface area contributed by atoms with E-state index in [1.165, 1.54) is 12.3 Å². The fourth-order valence-electron chi connectivity index (χ4n) is 3.91. The van der Waals surface area contributed by atoms with E-state index in [-0.39, 0.29) is 17.6 Å². The van der Waals surface area contributed by atoms with Crippen LogP contribution in [0.1, 0.15) is 25.7 Å². The lowest BCUT2D eigenvalue weighted by atomic mass is 9.99. The van der Waals surface area contributed by atoms with E-state index in [0.29, 0.717) is 41.1 Å². The van der Waals surface area contributed by atoms with Crippen LogP contribution >= 0.6 is 11.6 Å². The number of nitrogens with zero attached hydrogens (tertiary/aromatic N) is 2. The van der Waals surface area contributed by atoms with Gasteiger partial charge in [0.05, 0.1) is 16.6 Å². The van der Waals surface area contributed by atoms with Gasteiger partial charge < -0.3 is 20.7 Å². The van der Waals surface area contributed by atoms with E-state index in [9.17, 15) is 9.18 Å².